The third-order valence-electron chi connectivity index (χ3n) is 0.910. The molecule has 0 nitrogen and oxygen atoms in total. The van der Waals surface area contributed by atoms with Gasteiger partial charge in [-0.25, -0.2) is 0 Å². The summed E-state index contributed by atoms with van der Waals surface area (Å²) in [5.41, 5.74) is 0. The zero-order chi connectivity index (χ0) is 6.85. The van der Waals surface area contributed by atoms with Crippen LogP contribution < -0.4 is 0 Å². The molecule has 0 unspecified atom stereocenters. The van der Waals surface area contributed by atoms with Gasteiger partial charge in [-0.15, -0.1) is 12.6 Å². The first-order valence-corrected chi connectivity index (χ1v) is 3.54. The molecule has 0 fully saturated rings. The van der Waals surface area contributed by atoms with E-state index < -0.39 is 0 Å². The van der Waals surface area contributed by atoms with Gasteiger partial charge in [-0.05, 0) is 18.2 Å². The Hall–Kier alpha value is 1.15. The summed E-state index contributed by atoms with van der Waals surface area (Å²) in [5.74, 6) is 0. The Morgan fingerprint density at radius 3 is 2.20 bits per heavy atom. The van der Waals surface area contributed by atoms with Crippen LogP contribution in [0.3, 0.4) is 0 Å². The van der Waals surface area contributed by atoms with E-state index in [2.05, 4.69) is 12.6 Å². The molecule has 0 saturated heterocycles. The fraction of sp³-hybridized carbons (Fsp3) is 0. The van der Waals surface area contributed by atoms with E-state index in [0.29, 0.717) is 10.0 Å². The van der Waals surface area contributed by atoms with Crippen LogP contribution in [0.1, 0.15) is 0 Å². The van der Waals surface area contributed by atoms with Gasteiger partial charge in [0.15, 0.2) is 0 Å². The molecule has 0 aliphatic carbocycles. The molecule has 1 rings (SSSR count). The summed E-state index contributed by atoms with van der Waals surface area (Å²) < 4.78 is 0. The van der Waals surface area contributed by atoms with Crippen LogP contribution in [-0.4, -0.2) is 29.6 Å². The first-order chi connectivity index (χ1) is 4.20. The molecule has 0 spiro atoms. The molecule has 0 aliphatic rings. The Morgan fingerprint density at radius 2 is 1.80 bits per heavy atom. The monoisotopic (exact) mass is 202 g/mol. The van der Waals surface area contributed by atoms with Crippen LogP contribution in [0.5, 0.6) is 0 Å². The van der Waals surface area contributed by atoms with E-state index in [1.165, 1.54) is 0 Å². The Balaban J connectivity index is 0.000000810. The molecule has 4 heteroatoms. The van der Waals surface area contributed by atoms with Crippen LogP contribution in [0.15, 0.2) is 23.1 Å². The van der Waals surface area contributed by atoms with Crippen molar-refractivity contribution in [2.45, 2.75) is 4.90 Å². The standard InChI is InChI=1S/C6H4Cl2S.Na.H/c7-4-1-2-6(9)5(8)3-4;;/h1-3,9H;;. The van der Waals surface area contributed by atoms with Gasteiger partial charge in [0.25, 0.3) is 0 Å². The predicted molar refractivity (Wildman–Crippen MR) is 50.9 cm³/mol. The van der Waals surface area contributed by atoms with E-state index >= 15 is 0 Å². The van der Waals surface area contributed by atoms with Gasteiger partial charge in [-0.3, -0.25) is 0 Å². The molecule has 0 N–H and O–H groups in total. The fourth-order valence-corrected chi connectivity index (χ4v) is 1.03. The van der Waals surface area contributed by atoms with E-state index in [1.54, 1.807) is 18.2 Å². The van der Waals surface area contributed by atoms with Crippen molar-refractivity contribution in [1.29, 1.82) is 0 Å². The molecule has 0 aliphatic heterocycles. The molecule has 0 atom stereocenters. The summed E-state index contributed by atoms with van der Waals surface area (Å²) in [5, 5.41) is 1.23. The second-order valence-electron chi connectivity index (χ2n) is 1.60. The quantitative estimate of drug-likeness (QED) is 0.486. The molecule has 1 aromatic rings. The van der Waals surface area contributed by atoms with Gasteiger partial charge < -0.3 is 0 Å². The third kappa shape index (κ3) is 3.04. The number of rotatable bonds is 0. The predicted octanol–water partition coefficient (Wildman–Crippen LogP) is 2.63. The minimum atomic E-state index is 0. The number of thiol groups is 1. The maximum atomic E-state index is 5.65. The van der Waals surface area contributed by atoms with E-state index in [9.17, 15) is 0 Å². The summed E-state index contributed by atoms with van der Waals surface area (Å²) in [6, 6.07) is 5.16. The molecule has 0 aromatic heterocycles. The average Bonchev–Trinajstić information content (AvgIpc) is 1.80. The SMILES string of the molecule is Sc1ccc(Cl)cc1Cl.[NaH]. The molecule has 0 bridgehead atoms. The maximum absolute atomic E-state index is 5.65. The number of benzene rings is 1. The second kappa shape index (κ2) is 4.91. The van der Waals surface area contributed by atoms with Crippen molar-refractivity contribution in [3.8, 4) is 0 Å². The van der Waals surface area contributed by atoms with Crippen molar-refractivity contribution in [3.05, 3.63) is 28.2 Å². The van der Waals surface area contributed by atoms with Crippen LogP contribution >= 0.6 is 35.8 Å². The Bertz CT molecular complexity index is 227. The van der Waals surface area contributed by atoms with Crippen LogP contribution in [0, 0.1) is 0 Å². The summed E-state index contributed by atoms with van der Waals surface area (Å²) in [4.78, 5) is 0.751. The number of hydrogen-bond donors (Lipinski definition) is 1. The van der Waals surface area contributed by atoms with E-state index in [-0.39, 0.29) is 29.6 Å². The van der Waals surface area contributed by atoms with Crippen molar-refractivity contribution >= 4 is 65.4 Å². The van der Waals surface area contributed by atoms with Crippen LogP contribution in [0.25, 0.3) is 0 Å². The molecular weight excluding hydrogens is 198 g/mol. The van der Waals surface area contributed by atoms with Crippen LogP contribution in [0.2, 0.25) is 10.0 Å². The van der Waals surface area contributed by atoms with Gasteiger partial charge in [-0.1, -0.05) is 23.2 Å². The van der Waals surface area contributed by atoms with Gasteiger partial charge in [0, 0.05) is 9.92 Å². The van der Waals surface area contributed by atoms with Crippen LogP contribution in [0.4, 0.5) is 0 Å². The third-order valence-corrected chi connectivity index (χ3v) is 1.98. The summed E-state index contributed by atoms with van der Waals surface area (Å²) >= 11 is 15.3. The molecule has 0 amide bonds. The molecule has 0 heterocycles. The van der Waals surface area contributed by atoms with Crippen molar-refractivity contribution in [3.63, 3.8) is 0 Å². The molecule has 50 valence electrons. The fourth-order valence-electron chi connectivity index (χ4n) is 0.481. The van der Waals surface area contributed by atoms with E-state index in [1.807, 2.05) is 0 Å². The van der Waals surface area contributed by atoms with E-state index in [4.69, 9.17) is 23.2 Å². The molecule has 1 aromatic carbocycles. The normalized spacial score (nSPS) is 8.70. The first-order valence-electron chi connectivity index (χ1n) is 2.34. The molecule has 10 heavy (non-hydrogen) atoms. The Kier molecular flexibility index (Phi) is 5.48. The molecule has 0 radical (unpaired) electrons. The minimum absolute atomic E-state index is 0. The van der Waals surface area contributed by atoms with E-state index in [0.717, 1.165) is 4.90 Å². The van der Waals surface area contributed by atoms with Crippen molar-refractivity contribution < 1.29 is 0 Å². The summed E-state index contributed by atoms with van der Waals surface area (Å²) in [6.07, 6.45) is 0. The van der Waals surface area contributed by atoms with Crippen molar-refractivity contribution in [2.24, 2.45) is 0 Å². The topological polar surface area (TPSA) is 0 Å². The number of halogens is 2. The van der Waals surface area contributed by atoms with Crippen molar-refractivity contribution in [2.75, 3.05) is 0 Å². The number of hydrogen-bond acceptors (Lipinski definition) is 1. The average molecular weight is 203 g/mol. The molecular formula is C6H5Cl2NaS. The van der Waals surface area contributed by atoms with Gasteiger partial charge in [-0.2, -0.15) is 0 Å². The van der Waals surface area contributed by atoms with Gasteiger partial charge >= 0.3 is 29.6 Å². The van der Waals surface area contributed by atoms with Gasteiger partial charge in [0.1, 0.15) is 0 Å². The van der Waals surface area contributed by atoms with Gasteiger partial charge in [0.05, 0.1) is 5.02 Å². The zero-order valence-electron chi connectivity index (χ0n) is 4.44. The second-order valence-corrected chi connectivity index (χ2v) is 2.92. The summed E-state index contributed by atoms with van der Waals surface area (Å²) in [7, 11) is 0. The summed E-state index contributed by atoms with van der Waals surface area (Å²) in [6.45, 7) is 0. The Labute approximate surface area is 97.6 Å². The Morgan fingerprint density at radius 1 is 1.20 bits per heavy atom. The van der Waals surface area contributed by atoms with Crippen molar-refractivity contribution in [1.82, 2.24) is 0 Å². The first kappa shape index (κ1) is 11.2. The van der Waals surface area contributed by atoms with Crippen LogP contribution in [-0.2, 0) is 0 Å². The van der Waals surface area contributed by atoms with Gasteiger partial charge in [0.2, 0.25) is 0 Å². The molecule has 0 saturated carbocycles. The zero-order valence-corrected chi connectivity index (χ0v) is 6.84.